The molecule has 134 valence electrons. The summed E-state index contributed by atoms with van der Waals surface area (Å²) in [7, 11) is 4.14. The monoisotopic (exact) mass is 445 g/mol. The van der Waals surface area contributed by atoms with Gasteiger partial charge in [0.05, 0.1) is 13.2 Å². The fourth-order valence-corrected chi connectivity index (χ4v) is 5.86. The summed E-state index contributed by atoms with van der Waals surface area (Å²) >= 11 is 7.32. The molecule has 0 aliphatic carbocycles. The molecule has 0 spiro atoms. The molecule has 0 radical (unpaired) electrons. The quantitative estimate of drug-likeness (QED) is 0.330. The Balaban J connectivity index is 1.73. The van der Waals surface area contributed by atoms with Gasteiger partial charge in [-0.05, 0) is 43.9 Å². The highest BCUT2D eigenvalue weighted by Gasteiger charge is 2.22. The van der Waals surface area contributed by atoms with Gasteiger partial charge in [0.15, 0.2) is 0 Å². The molecule has 0 atom stereocenters. The zero-order valence-electron chi connectivity index (χ0n) is 14.8. The van der Waals surface area contributed by atoms with E-state index in [0.29, 0.717) is 6.61 Å². The second kappa shape index (κ2) is 7.87. The molecule has 0 bridgehead atoms. The van der Waals surface area contributed by atoms with Gasteiger partial charge in [-0.2, -0.15) is 0 Å². The molecule has 2 heterocycles. The summed E-state index contributed by atoms with van der Waals surface area (Å²) in [6.45, 7) is 2.37. The summed E-state index contributed by atoms with van der Waals surface area (Å²) in [5, 5.41) is 0. The van der Waals surface area contributed by atoms with E-state index in [0.717, 1.165) is 17.6 Å². The minimum absolute atomic E-state index is 0.673. The van der Waals surface area contributed by atoms with Crippen LogP contribution in [0.1, 0.15) is 4.88 Å². The zero-order valence-corrected chi connectivity index (χ0v) is 18.0. The fourth-order valence-electron chi connectivity index (χ4n) is 3.00. The van der Waals surface area contributed by atoms with Crippen molar-refractivity contribution in [2.24, 2.45) is 0 Å². The van der Waals surface area contributed by atoms with Crippen LogP contribution in [0.4, 0.5) is 0 Å². The molecule has 1 aliphatic heterocycles. The number of fused-ring (bicyclic) bond motifs is 5. The first-order valence-electron chi connectivity index (χ1n) is 8.54. The second-order valence-corrected chi connectivity index (χ2v) is 9.69. The lowest BCUT2D eigenvalue weighted by Gasteiger charge is -2.09. The molecule has 1 aliphatic rings. The Morgan fingerprint density at radius 2 is 1.81 bits per heavy atom. The lowest BCUT2D eigenvalue weighted by molar-refractivity contribution is 0.107. The molecule has 5 heteroatoms. The smallest absolute Gasteiger partial charge is 0.0810 e. The van der Waals surface area contributed by atoms with E-state index < -0.39 is 0 Å². The van der Waals surface area contributed by atoms with E-state index in [2.05, 4.69) is 83.5 Å². The number of hydrogen-bond acceptors (Lipinski definition) is 4. The minimum atomic E-state index is 0.673. The van der Waals surface area contributed by atoms with Crippen LogP contribution in [0.15, 0.2) is 62.8 Å². The van der Waals surface area contributed by atoms with Crippen molar-refractivity contribution in [1.82, 2.24) is 4.90 Å². The standard InChI is InChI=1S/C21H20BrNOS2/c1-23(2)9-10-24-13-15-12-18-16-5-3-4-6-19(16)26-20-11-14(22)7-8-17(20)21(18)25-15/h3-8,11-12H,9-10,13H2,1-2H3. The number of benzene rings is 2. The van der Waals surface area contributed by atoms with Crippen molar-refractivity contribution in [3.05, 3.63) is 57.9 Å². The Kier molecular flexibility index (Phi) is 5.53. The predicted octanol–water partition coefficient (Wildman–Crippen LogP) is 6.39. The van der Waals surface area contributed by atoms with E-state index in [1.807, 2.05) is 23.1 Å². The fraction of sp³-hybridized carbons (Fsp3) is 0.238. The number of hydrogen-bond donors (Lipinski definition) is 0. The third-order valence-corrected chi connectivity index (χ3v) is 7.06. The van der Waals surface area contributed by atoms with Gasteiger partial charge < -0.3 is 9.64 Å². The normalized spacial score (nSPS) is 12.5. The summed E-state index contributed by atoms with van der Waals surface area (Å²) in [5.74, 6) is 0. The average Bonchev–Trinajstić information content (AvgIpc) is 2.98. The Morgan fingerprint density at radius 3 is 2.65 bits per heavy atom. The van der Waals surface area contributed by atoms with Crippen molar-refractivity contribution >= 4 is 39.0 Å². The molecule has 3 aromatic rings. The SMILES string of the molecule is CN(C)CCOCc1cc2c(s1)-c1ccc(Br)cc1Sc1ccccc1-2. The summed E-state index contributed by atoms with van der Waals surface area (Å²) in [5.41, 5.74) is 3.95. The maximum absolute atomic E-state index is 5.89. The number of nitrogens with zero attached hydrogens (tertiary/aromatic N) is 1. The Hall–Kier alpha value is -1.11. The number of ether oxygens (including phenoxy) is 1. The lowest BCUT2D eigenvalue weighted by Crippen LogP contribution is -2.17. The van der Waals surface area contributed by atoms with Gasteiger partial charge >= 0.3 is 0 Å². The summed E-state index contributed by atoms with van der Waals surface area (Å²) in [6, 6.07) is 17.6. The first-order valence-corrected chi connectivity index (χ1v) is 11.0. The molecule has 0 saturated carbocycles. The largest absolute Gasteiger partial charge is 0.375 e. The molecular formula is C21H20BrNOS2. The number of rotatable bonds is 5. The summed E-state index contributed by atoms with van der Waals surface area (Å²) in [6.07, 6.45) is 0. The van der Waals surface area contributed by atoms with Crippen LogP contribution >= 0.6 is 39.0 Å². The van der Waals surface area contributed by atoms with E-state index in [-0.39, 0.29) is 0 Å². The predicted molar refractivity (Wildman–Crippen MR) is 115 cm³/mol. The number of halogens is 1. The summed E-state index contributed by atoms with van der Waals surface area (Å²) < 4.78 is 7.01. The van der Waals surface area contributed by atoms with E-state index in [9.17, 15) is 0 Å². The van der Waals surface area contributed by atoms with Crippen LogP contribution in [0.3, 0.4) is 0 Å². The molecule has 26 heavy (non-hydrogen) atoms. The first-order chi connectivity index (χ1) is 12.6. The molecular weight excluding hydrogens is 426 g/mol. The van der Waals surface area contributed by atoms with Gasteiger partial charge in [-0.3, -0.25) is 0 Å². The maximum atomic E-state index is 5.89. The minimum Gasteiger partial charge on any atom is -0.375 e. The van der Waals surface area contributed by atoms with E-state index in [4.69, 9.17) is 4.74 Å². The molecule has 0 unspecified atom stereocenters. The molecule has 0 fully saturated rings. The van der Waals surface area contributed by atoms with Crippen LogP contribution in [0.25, 0.3) is 21.6 Å². The Morgan fingerprint density at radius 1 is 0.962 bits per heavy atom. The van der Waals surface area contributed by atoms with Crippen molar-refractivity contribution in [2.45, 2.75) is 16.4 Å². The molecule has 0 saturated heterocycles. The maximum Gasteiger partial charge on any atom is 0.0810 e. The van der Waals surface area contributed by atoms with Gasteiger partial charge in [0.2, 0.25) is 0 Å². The van der Waals surface area contributed by atoms with Gasteiger partial charge in [-0.15, -0.1) is 11.3 Å². The molecule has 1 aromatic heterocycles. The molecule has 0 N–H and O–H groups in total. The topological polar surface area (TPSA) is 12.5 Å². The van der Waals surface area contributed by atoms with Crippen LogP contribution in [-0.2, 0) is 11.3 Å². The third kappa shape index (κ3) is 3.78. The van der Waals surface area contributed by atoms with Gasteiger partial charge in [0, 0.05) is 41.7 Å². The van der Waals surface area contributed by atoms with Crippen molar-refractivity contribution in [2.75, 3.05) is 27.2 Å². The number of likely N-dealkylation sites (N-methyl/N-ethyl adjacent to an activating group) is 1. The van der Waals surface area contributed by atoms with Gasteiger partial charge in [-0.1, -0.05) is 52.0 Å². The highest BCUT2D eigenvalue weighted by molar-refractivity contribution is 9.10. The second-order valence-electron chi connectivity index (χ2n) is 6.55. The van der Waals surface area contributed by atoms with Gasteiger partial charge in [-0.25, -0.2) is 0 Å². The first kappa shape index (κ1) is 18.3. The van der Waals surface area contributed by atoms with Crippen LogP contribution in [0.5, 0.6) is 0 Å². The van der Waals surface area contributed by atoms with E-state index in [1.54, 1.807) is 0 Å². The zero-order chi connectivity index (χ0) is 18.1. The highest BCUT2D eigenvalue weighted by atomic mass is 79.9. The molecule has 4 rings (SSSR count). The van der Waals surface area contributed by atoms with E-state index in [1.165, 1.54) is 36.2 Å². The molecule has 2 nitrogen and oxygen atoms in total. The van der Waals surface area contributed by atoms with Gasteiger partial charge in [0.1, 0.15) is 0 Å². The average molecular weight is 446 g/mol. The van der Waals surface area contributed by atoms with Gasteiger partial charge in [0.25, 0.3) is 0 Å². The molecule has 2 aromatic carbocycles. The van der Waals surface area contributed by atoms with Crippen molar-refractivity contribution < 1.29 is 4.74 Å². The Bertz CT molecular complexity index is 936. The van der Waals surface area contributed by atoms with Crippen molar-refractivity contribution in [3.8, 4) is 21.6 Å². The third-order valence-electron chi connectivity index (χ3n) is 4.30. The van der Waals surface area contributed by atoms with Crippen molar-refractivity contribution in [1.29, 1.82) is 0 Å². The van der Waals surface area contributed by atoms with Crippen LogP contribution in [0.2, 0.25) is 0 Å². The molecule has 0 amide bonds. The van der Waals surface area contributed by atoms with Crippen LogP contribution < -0.4 is 0 Å². The lowest BCUT2D eigenvalue weighted by atomic mass is 10.0. The van der Waals surface area contributed by atoms with Crippen LogP contribution in [-0.4, -0.2) is 32.1 Å². The summed E-state index contributed by atoms with van der Waals surface area (Å²) in [4.78, 5) is 7.38. The van der Waals surface area contributed by atoms with Crippen LogP contribution in [0, 0.1) is 0 Å². The number of thiophene rings is 1. The van der Waals surface area contributed by atoms with Crippen molar-refractivity contribution in [3.63, 3.8) is 0 Å². The van der Waals surface area contributed by atoms with E-state index >= 15 is 0 Å². The Labute approximate surface area is 171 Å². The highest BCUT2D eigenvalue weighted by Crippen LogP contribution is 2.51.